The molecule has 4 atom stereocenters. The highest BCUT2D eigenvalue weighted by atomic mass is 16.6. The van der Waals surface area contributed by atoms with Crippen molar-refractivity contribution >= 4 is 22.9 Å². The summed E-state index contributed by atoms with van der Waals surface area (Å²) in [5, 5.41) is 21.5. The summed E-state index contributed by atoms with van der Waals surface area (Å²) in [5.74, 6) is 5.26. The fraction of sp³-hybridized carbons (Fsp3) is 0.571. The van der Waals surface area contributed by atoms with Gasteiger partial charge in [0.2, 0.25) is 0 Å². The number of anilines is 1. The van der Waals surface area contributed by atoms with Crippen LogP contribution in [0.1, 0.15) is 13.2 Å². The molecule has 0 spiro atoms. The summed E-state index contributed by atoms with van der Waals surface area (Å²) in [4.78, 5) is 23.6. The third-order valence-electron chi connectivity index (χ3n) is 4.17. The first kappa shape index (κ1) is 18.4. The molecule has 2 aromatic heterocycles. The zero-order chi connectivity index (χ0) is 18.8. The second-order valence-corrected chi connectivity index (χ2v) is 5.82. The lowest BCUT2D eigenvalue weighted by atomic mass is 10.1. The summed E-state index contributed by atoms with van der Waals surface area (Å²) in [7, 11) is 0. The lowest BCUT2D eigenvalue weighted by molar-refractivity contribution is -0.138. The SMILES string of the molecule is CCN(N)C(=O)COC[C@H]1O[C@@H](n2cnc3c(N)ncnc32)[C@H](O)[C@@H]1O. The van der Waals surface area contributed by atoms with Gasteiger partial charge in [0.25, 0.3) is 5.91 Å². The monoisotopic (exact) mass is 367 g/mol. The highest BCUT2D eigenvalue weighted by molar-refractivity contribution is 5.81. The van der Waals surface area contributed by atoms with Gasteiger partial charge in [-0.05, 0) is 6.92 Å². The number of imidazole rings is 1. The molecule has 1 amide bonds. The first-order valence-corrected chi connectivity index (χ1v) is 8.01. The van der Waals surface area contributed by atoms with Crippen molar-refractivity contribution in [2.45, 2.75) is 31.5 Å². The van der Waals surface area contributed by atoms with Crippen LogP contribution in [0.25, 0.3) is 11.2 Å². The molecule has 3 rings (SSSR count). The summed E-state index contributed by atoms with van der Waals surface area (Å²) < 4.78 is 12.4. The van der Waals surface area contributed by atoms with Gasteiger partial charge >= 0.3 is 0 Å². The molecule has 3 heterocycles. The van der Waals surface area contributed by atoms with Crippen molar-refractivity contribution in [2.75, 3.05) is 25.5 Å². The second kappa shape index (κ2) is 7.47. The van der Waals surface area contributed by atoms with Crippen molar-refractivity contribution in [3.05, 3.63) is 12.7 Å². The summed E-state index contributed by atoms with van der Waals surface area (Å²) in [6, 6.07) is 0. The normalized spacial score (nSPS) is 25.7. The van der Waals surface area contributed by atoms with Gasteiger partial charge in [-0.3, -0.25) is 14.4 Å². The van der Waals surface area contributed by atoms with Crippen LogP contribution in [0.3, 0.4) is 0 Å². The number of likely N-dealkylation sites (N-methyl/N-ethyl adjacent to an activating group) is 1. The summed E-state index contributed by atoms with van der Waals surface area (Å²) in [5.41, 5.74) is 6.48. The molecular weight excluding hydrogens is 346 g/mol. The van der Waals surface area contributed by atoms with Crippen molar-refractivity contribution in [2.24, 2.45) is 5.84 Å². The van der Waals surface area contributed by atoms with Crippen molar-refractivity contribution in [1.29, 1.82) is 0 Å². The molecule has 1 fully saturated rings. The maximum Gasteiger partial charge on any atom is 0.262 e. The van der Waals surface area contributed by atoms with E-state index in [9.17, 15) is 15.0 Å². The molecule has 12 nitrogen and oxygen atoms in total. The van der Waals surface area contributed by atoms with Crippen LogP contribution in [-0.4, -0.2) is 78.7 Å². The van der Waals surface area contributed by atoms with Crippen LogP contribution in [-0.2, 0) is 14.3 Å². The zero-order valence-electron chi connectivity index (χ0n) is 14.1. The van der Waals surface area contributed by atoms with Gasteiger partial charge in [-0.15, -0.1) is 0 Å². The van der Waals surface area contributed by atoms with E-state index in [-0.39, 0.29) is 19.0 Å². The molecule has 12 heteroatoms. The van der Waals surface area contributed by atoms with Gasteiger partial charge in [-0.25, -0.2) is 20.8 Å². The molecule has 1 saturated heterocycles. The number of hydrogen-bond acceptors (Lipinski definition) is 10. The van der Waals surface area contributed by atoms with E-state index in [4.69, 9.17) is 21.1 Å². The number of aliphatic hydroxyl groups excluding tert-OH is 2. The number of hydrazine groups is 1. The molecule has 0 aromatic carbocycles. The Labute approximate surface area is 148 Å². The number of ether oxygens (including phenoxy) is 2. The third-order valence-corrected chi connectivity index (χ3v) is 4.17. The minimum Gasteiger partial charge on any atom is -0.387 e. The van der Waals surface area contributed by atoms with E-state index in [1.54, 1.807) is 6.92 Å². The average molecular weight is 367 g/mol. The predicted molar refractivity (Wildman–Crippen MR) is 88.1 cm³/mol. The largest absolute Gasteiger partial charge is 0.387 e. The quantitative estimate of drug-likeness (QED) is 0.248. The Balaban J connectivity index is 1.67. The number of fused-ring (bicyclic) bond motifs is 1. The Kier molecular flexibility index (Phi) is 5.29. The first-order valence-electron chi connectivity index (χ1n) is 8.01. The fourth-order valence-corrected chi connectivity index (χ4v) is 2.67. The fourth-order valence-electron chi connectivity index (χ4n) is 2.67. The second-order valence-electron chi connectivity index (χ2n) is 5.82. The number of nitrogen functional groups attached to an aromatic ring is 1. The smallest absolute Gasteiger partial charge is 0.262 e. The standard InChI is InChI=1S/C14H21N7O5/c1-2-21(16)8(22)4-25-3-7-10(23)11(24)14(26-7)20-6-19-9-12(15)17-5-18-13(9)20/h5-7,10-11,14,23-24H,2-4,16H2,1H3,(H2,15,17,18)/t7-,10-,11-,14-/m1/s1. The minimum absolute atomic E-state index is 0.0955. The average Bonchev–Trinajstić information content (AvgIpc) is 3.18. The first-order chi connectivity index (χ1) is 12.4. The van der Waals surface area contributed by atoms with E-state index < -0.39 is 30.4 Å². The molecule has 0 saturated carbocycles. The number of hydrogen-bond donors (Lipinski definition) is 4. The van der Waals surface area contributed by atoms with Gasteiger partial charge in [0.1, 0.15) is 36.8 Å². The molecule has 0 radical (unpaired) electrons. The van der Waals surface area contributed by atoms with Crippen molar-refractivity contribution in [3.63, 3.8) is 0 Å². The van der Waals surface area contributed by atoms with Gasteiger partial charge in [0.05, 0.1) is 12.9 Å². The topological polar surface area (TPSA) is 175 Å². The number of amides is 1. The van der Waals surface area contributed by atoms with Crippen LogP contribution in [0.4, 0.5) is 5.82 Å². The van der Waals surface area contributed by atoms with E-state index in [0.29, 0.717) is 17.7 Å². The summed E-state index contributed by atoms with van der Waals surface area (Å²) in [6.45, 7) is 1.73. The van der Waals surface area contributed by atoms with Gasteiger partial charge in [0, 0.05) is 6.54 Å². The number of nitrogens with two attached hydrogens (primary N) is 2. The van der Waals surface area contributed by atoms with E-state index >= 15 is 0 Å². The van der Waals surface area contributed by atoms with E-state index in [1.165, 1.54) is 17.2 Å². The molecule has 0 bridgehead atoms. The lowest BCUT2D eigenvalue weighted by Gasteiger charge is -2.17. The van der Waals surface area contributed by atoms with E-state index in [0.717, 1.165) is 5.01 Å². The van der Waals surface area contributed by atoms with Crippen LogP contribution >= 0.6 is 0 Å². The number of aromatic nitrogens is 4. The van der Waals surface area contributed by atoms with Crippen LogP contribution in [0.5, 0.6) is 0 Å². The van der Waals surface area contributed by atoms with Crippen molar-refractivity contribution < 1.29 is 24.5 Å². The number of carbonyl (C=O) groups is 1. The maximum atomic E-state index is 11.6. The maximum absolute atomic E-state index is 11.6. The number of nitrogens with zero attached hydrogens (tertiary/aromatic N) is 5. The highest BCUT2D eigenvalue weighted by Crippen LogP contribution is 2.32. The minimum atomic E-state index is -1.24. The van der Waals surface area contributed by atoms with Gasteiger partial charge in [-0.1, -0.05) is 0 Å². The van der Waals surface area contributed by atoms with Crippen LogP contribution in [0.2, 0.25) is 0 Å². The molecular formula is C14H21N7O5. The van der Waals surface area contributed by atoms with Gasteiger partial charge in [0.15, 0.2) is 17.7 Å². The highest BCUT2D eigenvalue weighted by Gasteiger charge is 2.44. The van der Waals surface area contributed by atoms with E-state index in [1.807, 2.05) is 0 Å². The Morgan fingerprint density at radius 2 is 2.15 bits per heavy atom. The molecule has 0 aliphatic carbocycles. The number of rotatable bonds is 6. The molecule has 1 aliphatic heterocycles. The molecule has 142 valence electrons. The van der Waals surface area contributed by atoms with Crippen molar-refractivity contribution in [1.82, 2.24) is 24.5 Å². The van der Waals surface area contributed by atoms with Crippen LogP contribution in [0.15, 0.2) is 12.7 Å². The van der Waals surface area contributed by atoms with Gasteiger partial charge in [-0.2, -0.15) is 0 Å². The summed E-state index contributed by atoms with van der Waals surface area (Å²) in [6.07, 6.45) is -1.56. The molecule has 0 unspecified atom stereocenters. The zero-order valence-corrected chi connectivity index (χ0v) is 14.1. The lowest BCUT2D eigenvalue weighted by Crippen LogP contribution is -2.40. The molecule has 2 aromatic rings. The molecule has 26 heavy (non-hydrogen) atoms. The van der Waals surface area contributed by atoms with Crippen molar-refractivity contribution in [3.8, 4) is 0 Å². The number of aliphatic hydroxyl groups is 2. The Bertz CT molecular complexity index is 784. The van der Waals surface area contributed by atoms with Crippen LogP contribution in [0, 0.1) is 0 Å². The Hall–Kier alpha value is -2.38. The third kappa shape index (κ3) is 3.32. The van der Waals surface area contributed by atoms with E-state index in [2.05, 4.69) is 15.0 Å². The Morgan fingerprint density at radius 3 is 2.88 bits per heavy atom. The molecule has 1 aliphatic rings. The predicted octanol–water partition coefficient (Wildman–Crippen LogP) is -2.23. The Morgan fingerprint density at radius 1 is 1.38 bits per heavy atom. The summed E-state index contributed by atoms with van der Waals surface area (Å²) >= 11 is 0. The molecule has 6 N–H and O–H groups in total. The number of carbonyl (C=O) groups excluding carboxylic acids is 1. The van der Waals surface area contributed by atoms with Crippen LogP contribution < -0.4 is 11.6 Å². The van der Waals surface area contributed by atoms with Gasteiger partial charge < -0.3 is 25.4 Å².